The van der Waals surface area contributed by atoms with Gasteiger partial charge in [-0.1, -0.05) is 24.3 Å². The van der Waals surface area contributed by atoms with Crippen LogP contribution in [0.1, 0.15) is 33.0 Å². The number of hydrogen-bond donors (Lipinski definition) is 2. The van der Waals surface area contributed by atoms with Gasteiger partial charge in [-0.05, 0) is 24.3 Å². The molecule has 0 saturated carbocycles. The van der Waals surface area contributed by atoms with Gasteiger partial charge >= 0.3 is 0 Å². The van der Waals surface area contributed by atoms with Gasteiger partial charge in [0.2, 0.25) is 5.91 Å². The van der Waals surface area contributed by atoms with E-state index < -0.39 is 0 Å². The number of carbonyl (C=O) groups excluding carboxylic acids is 3. The molecule has 3 amide bonds. The van der Waals surface area contributed by atoms with Crippen molar-refractivity contribution in [2.75, 3.05) is 13.1 Å². The monoisotopic (exact) mass is 362 g/mol. The maximum atomic E-state index is 12.3. The van der Waals surface area contributed by atoms with Crippen molar-refractivity contribution in [1.82, 2.24) is 20.2 Å². The van der Waals surface area contributed by atoms with Gasteiger partial charge in [0.05, 0.1) is 22.2 Å². The van der Waals surface area contributed by atoms with Crippen LogP contribution in [0.25, 0.3) is 11.0 Å². The first kappa shape index (κ1) is 17.0. The van der Waals surface area contributed by atoms with Crippen LogP contribution in [0.3, 0.4) is 0 Å². The van der Waals surface area contributed by atoms with Crippen LogP contribution in [-0.4, -0.2) is 45.7 Å². The minimum atomic E-state index is -0.342. The van der Waals surface area contributed by atoms with Gasteiger partial charge in [-0.3, -0.25) is 19.3 Å². The second-order valence-electron chi connectivity index (χ2n) is 6.36. The van der Waals surface area contributed by atoms with Crippen molar-refractivity contribution in [3.8, 4) is 0 Å². The third-order valence-electron chi connectivity index (χ3n) is 4.56. The number of imidazole rings is 1. The van der Waals surface area contributed by atoms with Gasteiger partial charge in [-0.15, -0.1) is 0 Å². The molecule has 0 unspecified atom stereocenters. The normalized spacial score (nSPS) is 13.3. The molecule has 4 rings (SSSR count). The molecule has 1 aliphatic heterocycles. The first-order chi connectivity index (χ1) is 13.1. The fourth-order valence-corrected chi connectivity index (χ4v) is 3.19. The van der Waals surface area contributed by atoms with Crippen LogP contribution in [-0.2, 0) is 11.2 Å². The Hall–Kier alpha value is -3.48. The van der Waals surface area contributed by atoms with E-state index in [-0.39, 0.29) is 30.7 Å². The van der Waals surface area contributed by atoms with Crippen LogP contribution in [0.2, 0.25) is 0 Å². The molecular formula is C20H18N4O3. The van der Waals surface area contributed by atoms with E-state index in [0.717, 1.165) is 21.8 Å². The molecule has 7 heteroatoms. The zero-order valence-corrected chi connectivity index (χ0v) is 14.6. The van der Waals surface area contributed by atoms with Crippen molar-refractivity contribution in [3.63, 3.8) is 0 Å². The zero-order valence-electron chi connectivity index (χ0n) is 14.6. The molecule has 0 radical (unpaired) electrons. The predicted octanol–water partition coefficient (Wildman–Crippen LogP) is 1.91. The van der Waals surface area contributed by atoms with Crippen molar-refractivity contribution in [3.05, 3.63) is 65.5 Å². The van der Waals surface area contributed by atoms with Crippen LogP contribution in [0.5, 0.6) is 0 Å². The molecule has 0 bridgehead atoms. The third kappa shape index (κ3) is 3.31. The highest BCUT2D eigenvalue weighted by molar-refractivity contribution is 6.21. The van der Waals surface area contributed by atoms with E-state index in [1.54, 1.807) is 24.3 Å². The Kier molecular flexibility index (Phi) is 4.42. The van der Waals surface area contributed by atoms with Crippen molar-refractivity contribution in [1.29, 1.82) is 0 Å². The highest BCUT2D eigenvalue weighted by Gasteiger charge is 2.34. The molecule has 3 aromatic rings. The smallest absolute Gasteiger partial charge is 0.261 e. The summed E-state index contributed by atoms with van der Waals surface area (Å²) in [5.74, 6) is -0.0872. The SMILES string of the molecule is O=C(CCN1C(=O)c2ccccc2C1=O)NCCc1nc2ccccc2[nH]1. The summed E-state index contributed by atoms with van der Waals surface area (Å²) >= 11 is 0. The van der Waals surface area contributed by atoms with Crippen molar-refractivity contribution >= 4 is 28.8 Å². The Bertz CT molecular complexity index is 972. The average Bonchev–Trinajstić information content (AvgIpc) is 3.20. The second kappa shape index (κ2) is 7.03. The molecular weight excluding hydrogens is 344 g/mol. The van der Waals surface area contributed by atoms with E-state index in [1.165, 1.54) is 0 Å². The summed E-state index contributed by atoms with van der Waals surface area (Å²) in [5, 5.41) is 2.80. The number of nitrogens with zero attached hydrogens (tertiary/aromatic N) is 2. The van der Waals surface area contributed by atoms with Gasteiger partial charge in [-0.2, -0.15) is 0 Å². The molecule has 1 aromatic heterocycles. The van der Waals surface area contributed by atoms with Crippen LogP contribution in [0, 0.1) is 0 Å². The number of imide groups is 1. The number of fused-ring (bicyclic) bond motifs is 2. The number of benzene rings is 2. The Balaban J connectivity index is 1.27. The van der Waals surface area contributed by atoms with E-state index >= 15 is 0 Å². The Morgan fingerprint density at radius 2 is 1.67 bits per heavy atom. The lowest BCUT2D eigenvalue weighted by Crippen LogP contribution is -2.35. The van der Waals surface area contributed by atoms with E-state index in [1.807, 2.05) is 24.3 Å². The van der Waals surface area contributed by atoms with E-state index in [0.29, 0.717) is 24.1 Å². The molecule has 0 fully saturated rings. The maximum Gasteiger partial charge on any atom is 0.261 e. The number of rotatable bonds is 6. The standard InChI is InChI=1S/C20H18N4O3/c25-18(21-11-9-17-22-15-7-3-4-8-16(15)23-17)10-12-24-19(26)13-5-1-2-6-14(13)20(24)27/h1-8H,9-12H2,(H,21,25)(H,22,23). The quantitative estimate of drug-likeness (QED) is 0.655. The van der Waals surface area contributed by atoms with Gasteiger partial charge in [0.15, 0.2) is 0 Å². The lowest BCUT2D eigenvalue weighted by molar-refractivity contribution is -0.121. The number of aromatic nitrogens is 2. The summed E-state index contributed by atoms with van der Waals surface area (Å²) in [6, 6.07) is 14.4. The number of para-hydroxylation sites is 2. The molecule has 0 aliphatic carbocycles. The maximum absolute atomic E-state index is 12.3. The van der Waals surface area contributed by atoms with Crippen LogP contribution in [0.4, 0.5) is 0 Å². The lowest BCUT2D eigenvalue weighted by Gasteiger charge is -2.13. The van der Waals surface area contributed by atoms with E-state index in [9.17, 15) is 14.4 Å². The minimum Gasteiger partial charge on any atom is -0.356 e. The number of carbonyl (C=O) groups is 3. The fraction of sp³-hybridized carbons (Fsp3) is 0.200. The first-order valence-corrected chi connectivity index (χ1v) is 8.79. The average molecular weight is 362 g/mol. The third-order valence-corrected chi connectivity index (χ3v) is 4.56. The largest absolute Gasteiger partial charge is 0.356 e. The number of nitrogens with one attached hydrogen (secondary N) is 2. The molecule has 2 heterocycles. The van der Waals surface area contributed by atoms with Gasteiger partial charge in [0.1, 0.15) is 5.82 Å². The molecule has 0 saturated heterocycles. The summed E-state index contributed by atoms with van der Waals surface area (Å²) in [6.45, 7) is 0.504. The molecule has 7 nitrogen and oxygen atoms in total. The molecule has 2 N–H and O–H groups in total. The Labute approximate surface area is 155 Å². The van der Waals surface area contributed by atoms with Crippen molar-refractivity contribution in [2.45, 2.75) is 12.8 Å². The first-order valence-electron chi connectivity index (χ1n) is 8.79. The molecule has 2 aromatic carbocycles. The number of amides is 3. The summed E-state index contributed by atoms with van der Waals surface area (Å²) in [7, 11) is 0. The topological polar surface area (TPSA) is 95.2 Å². The predicted molar refractivity (Wildman–Crippen MR) is 99.2 cm³/mol. The zero-order chi connectivity index (χ0) is 18.8. The van der Waals surface area contributed by atoms with Crippen molar-refractivity contribution in [2.24, 2.45) is 0 Å². The number of aromatic amines is 1. The van der Waals surface area contributed by atoms with Gasteiger partial charge in [-0.25, -0.2) is 4.98 Å². The molecule has 136 valence electrons. The second-order valence-corrected chi connectivity index (χ2v) is 6.36. The van der Waals surface area contributed by atoms with Gasteiger partial charge in [0.25, 0.3) is 11.8 Å². The minimum absolute atomic E-state index is 0.0722. The number of H-pyrrole nitrogens is 1. The molecule has 0 spiro atoms. The Morgan fingerprint density at radius 1 is 1.00 bits per heavy atom. The van der Waals surface area contributed by atoms with Crippen LogP contribution >= 0.6 is 0 Å². The molecule has 0 atom stereocenters. The van der Waals surface area contributed by atoms with E-state index in [4.69, 9.17) is 0 Å². The van der Waals surface area contributed by atoms with Crippen LogP contribution < -0.4 is 5.32 Å². The van der Waals surface area contributed by atoms with Crippen molar-refractivity contribution < 1.29 is 14.4 Å². The van der Waals surface area contributed by atoms with Crippen LogP contribution in [0.15, 0.2) is 48.5 Å². The Morgan fingerprint density at radius 3 is 2.37 bits per heavy atom. The van der Waals surface area contributed by atoms with Gasteiger partial charge in [0, 0.05) is 25.9 Å². The lowest BCUT2D eigenvalue weighted by atomic mass is 10.1. The fourth-order valence-electron chi connectivity index (χ4n) is 3.19. The molecule has 1 aliphatic rings. The highest BCUT2D eigenvalue weighted by atomic mass is 16.2. The summed E-state index contributed by atoms with van der Waals surface area (Å²) in [6.07, 6.45) is 0.652. The molecule has 27 heavy (non-hydrogen) atoms. The summed E-state index contributed by atoms with van der Waals surface area (Å²) in [4.78, 5) is 45.4. The summed E-state index contributed by atoms with van der Waals surface area (Å²) in [5.41, 5.74) is 2.65. The van der Waals surface area contributed by atoms with E-state index in [2.05, 4.69) is 15.3 Å². The van der Waals surface area contributed by atoms with Gasteiger partial charge < -0.3 is 10.3 Å². The highest BCUT2D eigenvalue weighted by Crippen LogP contribution is 2.22. The summed E-state index contributed by atoms with van der Waals surface area (Å²) < 4.78 is 0. The number of hydrogen-bond acceptors (Lipinski definition) is 4.